The van der Waals surface area contributed by atoms with Crippen LogP contribution < -0.4 is 5.32 Å². The van der Waals surface area contributed by atoms with Gasteiger partial charge in [-0.25, -0.2) is 13.2 Å². The molecule has 2 aromatic rings. The van der Waals surface area contributed by atoms with Crippen molar-refractivity contribution in [3.63, 3.8) is 0 Å². The molecule has 2 aliphatic rings. The molecule has 4 rings (SSSR count). The van der Waals surface area contributed by atoms with Crippen LogP contribution in [0.4, 0.5) is 5.69 Å². The molecule has 1 amide bonds. The predicted molar refractivity (Wildman–Crippen MR) is 126 cm³/mol. The number of benzene rings is 1. The van der Waals surface area contributed by atoms with E-state index in [2.05, 4.69) is 5.32 Å². The molecular weight excluding hydrogens is 488 g/mol. The van der Waals surface area contributed by atoms with Crippen molar-refractivity contribution >= 4 is 50.5 Å². The number of rotatable bonds is 6. The topological polar surface area (TPSA) is 102 Å². The molecule has 33 heavy (non-hydrogen) atoms. The number of fused-ring (bicyclic) bond motifs is 1. The van der Waals surface area contributed by atoms with Gasteiger partial charge in [-0.15, -0.1) is 11.3 Å². The second-order valence-corrected chi connectivity index (χ2v) is 11.4. The fourth-order valence-electron chi connectivity index (χ4n) is 3.85. The minimum atomic E-state index is -3.74. The average Bonchev–Trinajstić information content (AvgIpc) is 3.09. The smallest absolute Gasteiger partial charge is 0.348 e. The number of hydrogen-bond donors (Lipinski definition) is 1. The van der Waals surface area contributed by atoms with Crippen molar-refractivity contribution in [2.45, 2.75) is 37.0 Å². The third-order valence-electron chi connectivity index (χ3n) is 5.60. The Balaban J connectivity index is 1.38. The van der Waals surface area contributed by atoms with Crippen LogP contribution in [0.1, 0.15) is 39.4 Å². The fraction of sp³-hybridized carbons (Fsp3) is 0.455. The Hall–Kier alpha value is -1.98. The number of amides is 1. The number of anilines is 1. The van der Waals surface area contributed by atoms with Gasteiger partial charge >= 0.3 is 5.97 Å². The summed E-state index contributed by atoms with van der Waals surface area (Å²) in [4.78, 5) is 26.5. The molecule has 11 heteroatoms. The Kier molecular flexibility index (Phi) is 7.70. The van der Waals surface area contributed by atoms with Crippen molar-refractivity contribution in [1.82, 2.24) is 4.31 Å². The highest BCUT2D eigenvalue weighted by Crippen LogP contribution is 2.30. The first-order valence-corrected chi connectivity index (χ1v) is 13.4. The number of halogens is 1. The molecule has 0 bridgehead atoms. The van der Waals surface area contributed by atoms with Crippen molar-refractivity contribution in [2.75, 3.05) is 38.2 Å². The van der Waals surface area contributed by atoms with Crippen LogP contribution in [-0.4, -0.2) is 57.5 Å². The highest BCUT2D eigenvalue weighted by molar-refractivity contribution is 7.89. The molecule has 2 heterocycles. The van der Waals surface area contributed by atoms with Gasteiger partial charge < -0.3 is 14.8 Å². The number of morpholine rings is 1. The summed E-state index contributed by atoms with van der Waals surface area (Å²) < 4.78 is 37.4. The van der Waals surface area contributed by atoms with Crippen molar-refractivity contribution in [3.8, 4) is 0 Å². The molecule has 0 radical (unpaired) electrons. The Morgan fingerprint density at radius 1 is 1.12 bits per heavy atom. The summed E-state index contributed by atoms with van der Waals surface area (Å²) >= 11 is 7.58. The van der Waals surface area contributed by atoms with Crippen molar-refractivity contribution < 1.29 is 27.5 Å². The van der Waals surface area contributed by atoms with Crippen molar-refractivity contribution in [3.05, 3.63) is 44.6 Å². The van der Waals surface area contributed by atoms with Gasteiger partial charge in [0.2, 0.25) is 10.0 Å². The molecule has 1 fully saturated rings. The molecule has 1 aliphatic carbocycles. The number of nitrogens with one attached hydrogen (secondary N) is 1. The van der Waals surface area contributed by atoms with Gasteiger partial charge in [-0.05, 0) is 55.5 Å². The number of aryl methyl sites for hydroxylation is 2. The fourth-order valence-corrected chi connectivity index (χ4v) is 6.60. The second-order valence-electron chi connectivity index (χ2n) is 7.90. The van der Waals surface area contributed by atoms with Crippen molar-refractivity contribution in [2.24, 2.45) is 0 Å². The SMILES string of the molecule is O=C(COC(=O)c1cc2c(s1)CCCCC2)Nc1cc(S(=O)(=O)N2CCOCC2)ccc1Cl. The third-order valence-corrected chi connectivity index (χ3v) is 9.04. The normalized spacial score (nSPS) is 17.1. The van der Waals surface area contributed by atoms with Gasteiger partial charge in [0.15, 0.2) is 6.61 Å². The second kappa shape index (κ2) is 10.5. The third kappa shape index (κ3) is 5.75. The zero-order chi connectivity index (χ0) is 23.4. The first-order chi connectivity index (χ1) is 15.8. The van der Waals surface area contributed by atoms with Crippen LogP contribution in [0, 0.1) is 0 Å². The van der Waals surface area contributed by atoms with E-state index >= 15 is 0 Å². The number of carbonyl (C=O) groups excluding carboxylic acids is 2. The first-order valence-electron chi connectivity index (χ1n) is 10.8. The van der Waals surface area contributed by atoms with Gasteiger partial charge in [0, 0.05) is 18.0 Å². The van der Waals surface area contributed by atoms with E-state index in [0.717, 1.165) is 25.7 Å². The lowest BCUT2D eigenvalue weighted by atomic mass is 10.1. The zero-order valence-corrected chi connectivity index (χ0v) is 20.4. The number of esters is 1. The maximum atomic E-state index is 12.9. The molecule has 8 nitrogen and oxygen atoms in total. The van der Waals surface area contributed by atoms with Crippen LogP contribution in [0.2, 0.25) is 5.02 Å². The van der Waals surface area contributed by atoms with Crippen LogP contribution in [0.3, 0.4) is 0 Å². The van der Waals surface area contributed by atoms with Gasteiger partial charge in [-0.3, -0.25) is 4.79 Å². The van der Waals surface area contributed by atoms with E-state index in [-0.39, 0.29) is 28.7 Å². The zero-order valence-electron chi connectivity index (χ0n) is 18.0. The first kappa shape index (κ1) is 24.2. The molecule has 1 aromatic carbocycles. The maximum absolute atomic E-state index is 12.9. The van der Waals surface area contributed by atoms with Gasteiger partial charge in [0.05, 0.1) is 28.8 Å². The van der Waals surface area contributed by atoms with Gasteiger partial charge in [0.1, 0.15) is 4.88 Å². The molecule has 0 atom stereocenters. The van der Waals surface area contributed by atoms with Crippen LogP contribution in [0.25, 0.3) is 0 Å². The van der Waals surface area contributed by atoms with E-state index in [0.29, 0.717) is 18.1 Å². The van der Waals surface area contributed by atoms with Gasteiger partial charge in [0.25, 0.3) is 5.91 Å². The number of thiophene rings is 1. The van der Waals surface area contributed by atoms with E-state index in [9.17, 15) is 18.0 Å². The lowest BCUT2D eigenvalue weighted by Gasteiger charge is -2.26. The summed E-state index contributed by atoms with van der Waals surface area (Å²) in [5, 5.41) is 2.72. The summed E-state index contributed by atoms with van der Waals surface area (Å²) in [7, 11) is -3.74. The Bertz CT molecular complexity index is 1120. The molecule has 1 aliphatic heterocycles. The molecule has 0 unspecified atom stereocenters. The van der Waals surface area contributed by atoms with Crippen LogP contribution in [0.5, 0.6) is 0 Å². The van der Waals surface area contributed by atoms with Gasteiger partial charge in [-0.2, -0.15) is 4.31 Å². The number of ether oxygens (including phenoxy) is 2. The molecule has 0 spiro atoms. The Morgan fingerprint density at radius 3 is 2.67 bits per heavy atom. The van der Waals surface area contributed by atoms with E-state index < -0.39 is 28.5 Å². The lowest BCUT2D eigenvalue weighted by molar-refractivity contribution is -0.119. The maximum Gasteiger partial charge on any atom is 0.348 e. The van der Waals surface area contributed by atoms with Crippen molar-refractivity contribution in [1.29, 1.82) is 0 Å². The summed E-state index contributed by atoms with van der Waals surface area (Å²) in [5.41, 5.74) is 1.33. The van der Waals surface area contributed by atoms with E-state index in [1.807, 2.05) is 6.07 Å². The molecule has 0 saturated carbocycles. The lowest BCUT2D eigenvalue weighted by Crippen LogP contribution is -2.40. The monoisotopic (exact) mass is 512 g/mol. The summed E-state index contributed by atoms with van der Waals surface area (Å²) in [5.74, 6) is -1.15. The van der Waals surface area contributed by atoms with Crippen LogP contribution >= 0.6 is 22.9 Å². The van der Waals surface area contributed by atoms with Crippen LogP contribution in [-0.2, 0) is 37.1 Å². The summed E-state index contributed by atoms with van der Waals surface area (Å²) in [6.45, 7) is 0.672. The minimum absolute atomic E-state index is 0.0150. The quantitative estimate of drug-likeness (QED) is 0.469. The summed E-state index contributed by atoms with van der Waals surface area (Å²) in [6, 6.07) is 5.98. The Morgan fingerprint density at radius 2 is 1.88 bits per heavy atom. The average molecular weight is 513 g/mol. The Labute approximate surface area is 201 Å². The molecule has 1 aromatic heterocycles. The molecule has 1 N–H and O–H groups in total. The number of nitrogens with zero attached hydrogens (tertiary/aromatic N) is 1. The molecular formula is C22H25ClN2O6S2. The number of sulfonamides is 1. The molecule has 178 valence electrons. The van der Waals surface area contributed by atoms with Gasteiger partial charge in [-0.1, -0.05) is 18.0 Å². The highest BCUT2D eigenvalue weighted by Gasteiger charge is 2.27. The van der Waals surface area contributed by atoms with Crippen LogP contribution in [0.15, 0.2) is 29.2 Å². The predicted octanol–water partition coefficient (Wildman–Crippen LogP) is 3.49. The number of carbonyl (C=O) groups is 2. The van der Waals surface area contributed by atoms with E-state index in [1.54, 1.807) is 0 Å². The molecule has 1 saturated heterocycles. The minimum Gasteiger partial charge on any atom is -0.451 e. The highest BCUT2D eigenvalue weighted by atomic mass is 35.5. The summed E-state index contributed by atoms with van der Waals surface area (Å²) in [6.07, 6.45) is 5.35. The standard InChI is InChI=1S/C22H25ClN2O6S2/c23-17-7-6-16(33(28,29)25-8-10-30-11-9-25)13-18(17)24-21(26)14-31-22(27)20-12-15-4-2-1-3-5-19(15)32-20/h6-7,12-13H,1-5,8-11,14H2,(H,24,26). The van der Waals surface area contributed by atoms with E-state index in [1.165, 1.54) is 50.7 Å². The van der Waals surface area contributed by atoms with E-state index in [4.69, 9.17) is 21.1 Å². The largest absolute Gasteiger partial charge is 0.451 e. The number of hydrogen-bond acceptors (Lipinski definition) is 7.